The van der Waals surface area contributed by atoms with E-state index in [2.05, 4.69) is 35.7 Å². The van der Waals surface area contributed by atoms with Gasteiger partial charge in [0.05, 0.1) is 5.71 Å². The van der Waals surface area contributed by atoms with Crippen LogP contribution in [0.4, 0.5) is 0 Å². The van der Waals surface area contributed by atoms with Gasteiger partial charge in [-0.05, 0) is 50.6 Å². The van der Waals surface area contributed by atoms with Crippen LogP contribution in [0.3, 0.4) is 0 Å². The first-order chi connectivity index (χ1) is 8.13. The molecule has 0 atom stereocenters. The summed E-state index contributed by atoms with van der Waals surface area (Å²) in [5.74, 6) is 0. The number of benzene rings is 1. The zero-order valence-corrected chi connectivity index (χ0v) is 10.3. The summed E-state index contributed by atoms with van der Waals surface area (Å²) in [6, 6.07) is 12.2. The van der Waals surface area contributed by atoms with Gasteiger partial charge in [-0.15, -0.1) is 0 Å². The Kier molecular flexibility index (Phi) is 3.00. The molecule has 2 rings (SSSR count). The van der Waals surface area contributed by atoms with E-state index >= 15 is 0 Å². The Hall–Kier alpha value is -2.03. The lowest BCUT2D eigenvalue weighted by molar-refractivity contribution is 0.319. The van der Waals surface area contributed by atoms with E-state index in [0.29, 0.717) is 5.71 Å². The van der Waals surface area contributed by atoms with Crippen molar-refractivity contribution in [2.24, 2.45) is 5.16 Å². The van der Waals surface area contributed by atoms with Crippen molar-refractivity contribution in [3.05, 3.63) is 53.3 Å². The Morgan fingerprint density at radius 2 is 1.53 bits per heavy atom. The minimum Gasteiger partial charge on any atom is -0.411 e. The number of aromatic nitrogens is 1. The number of hydrogen-bond acceptors (Lipinski definition) is 2. The van der Waals surface area contributed by atoms with Crippen LogP contribution in [-0.4, -0.2) is 15.5 Å². The molecule has 0 aliphatic rings. The van der Waals surface area contributed by atoms with Gasteiger partial charge in [0.25, 0.3) is 0 Å². The molecule has 0 aliphatic carbocycles. The molecule has 0 radical (unpaired) electrons. The van der Waals surface area contributed by atoms with E-state index in [1.54, 1.807) is 6.92 Å². The summed E-state index contributed by atoms with van der Waals surface area (Å²) in [5.41, 5.74) is 5.10. The van der Waals surface area contributed by atoms with Gasteiger partial charge >= 0.3 is 0 Å². The highest BCUT2D eigenvalue weighted by Gasteiger charge is 2.04. The minimum absolute atomic E-state index is 0.623. The Balaban J connectivity index is 2.43. The summed E-state index contributed by atoms with van der Waals surface area (Å²) in [6.45, 7) is 5.95. The van der Waals surface area contributed by atoms with Gasteiger partial charge in [-0.2, -0.15) is 0 Å². The molecule has 3 heteroatoms. The van der Waals surface area contributed by atoms with Crippen molar-refractivity contribution in [3.63, 3.8) is 0 Å². The molecule has 1 aromatic heterocycles. The van der Waals surface area contributed by atoms with Gasteiger partial charge in [0, 0.05) is 17.1 Å². The molecule has 1 N–H and O–H groups in total. The molecule has 88 valence electrons. The van der Waals surface area contributed by atoms with E-state index in [1.165, 1.54) is 11.4 Å². The van der Waals surface area contributed by atoms with Gasteiger partial charge in [-0.1, -0.05) is 17.3 Å². The second-order valence-corrected chi connectivity index (χ2v) is 4.18. The predicted molar refractivity (Wildman–Crippen MR) is 69.2 cm³/mol. The lowest BCUT2D eigenvalue weighted by atomic mass is 10.1. The van der Waals surface area contributed by atoms with E-state index in [1.807, 2.05) is 24.3 Å². The Morgan fingerprint density at radius 1 is 1.00 bits per heavy atom. The van der Waals surface area contributed by atoms with Crippen LogP contribution in [0.5, 0.6) is 0 Å². The molecule has 3 nitrogen and oxygen atoms in total. The summed E-state index contributed by atoms with van der Waals surface area (Å²) in [4.78, 5) is 0. The van der Waals surface area contributed by atoms with Crippen LogP contribution in [-0.2, 0) is 0 Å². The van der Waals surface area contributed by atoms with E-state index in [-0.39, 0.29) is 0 Å². The van der Waals surface area contributed by atoms with Gasteiger partial charge in [0.2, 0.25) is 0 Å². The topological polar surface area (TPSA) is 37.5 Å². The van der Waals surface area contributed by atoms with Crippen LogP contribution in [0, 0.1) is 13.8 Å². The van der Waals surface area contributed by atoms with Crippen LogP contribution >= 0.6 is 0 Å². The smallest absolute Gasteiger partial charge is 0.0836 e. The first kappa shape index (κ1) is 11.5. The monoisotopic (exact) mass is 228 g/mol. The van der Waals surface area contributed by atoms with Crippen LogP contribution in [0.25, 0.3) is 5.69 Å². The first-order valence-corrected chi connectivity index (χ1v) is 5.58. The first-order valence-electron chi connectivity index (χ1n) is 5.58. The average Bonchev–Trinajstić information content (AvgIpc) is 2.68. The minimum atomic E-state index is 0.623. The molecule has 0 aliphatic heterocycles. The van der Waals surface area contributed by atoms with Crippen molar-refractivity contribution >= 4 is 5.71 Å². The van der Waals surface area contributed by atoms with Crippen LogP contribution < -0.4 is 0 Å². The lowest BCUT2D eigenvalue weighted by Crippen LogP contribution is -2.00. The Labute approximate surface area is 101 Å². The molecular weight excluding hydrogens is 212 g/mol. The zero-order chi connectivity index (χ0) is 12.4. The van der Waals surface area contributed by atoms with E-state index in [9.17, 15) is 0 Å². The van der Waals surface area contributed by atoms with Gasteiger partial charge in [0.15, 0.2) is 0 Å². The van der Waals surface area contributed by atoms with E-state index in [4.69, 9.17) is 5.21 Å². The lowest BCUT2D eigenvalue weighted by Gasteiger charge is -2.10. The summed E-state index contributed by atoms with van der Waals surface area (Å²) >= 11 is 0. The van der Waals surface area contributed by atoms with Gasteiger partial charge in [-0.25, -0.2) is 0 Å². The van der Waals surface area contributed by atoms with Crippen LogP contribution in [0.1, 0.15) is 23.9 Å². The molecule has 0 bridgehead atoms. The van der Waals surface area contributed by atoms with Gasteiger partial charge in [-0.3, -0.25) is 0 Å². The molecular formula is C14H16N2O. The van der Waals surface area contributed by atoms with Crippen molar-refractivity contribution in [2.45, 2.75) is 20.8 Å². The third-order valence-electron chi connectivity index (χ3n) is 2.96. The maximum atomic E-state index is 8.71. The molecule has 2 aromatic rings. The quantitative estimate of drug-likeness (QED) is 0.478. The third-order valence-corrected chi connectivity index (χ3v) is 2.96. The Bertz CT molecular complexity index is 531. The maximum absolute atomic E-state index is 8.71. The average molecular weight is 228 g/mol. The van der Waals surface area contributed by atoms with Crippen molar-refractivity contribution in [1.29, 1.82) is 0 Å². The highest BCUT2D eigenvalue weighted by molar-refractivity contribution is 5.98. The zero-order valence-electron chi connectivity index (χ0n) is 10.3. The van der Waals surface area contributed by atoms with Crippen molar-refractivity contribution in [2.75, 3.05) is 0 Å². The summed E-state index contributed by atoms with van der Waals surface area (Å²) < 4.78 is 2.19. The summed E-state index contributed by atoms with van der Waals surface area (Å²) in [5, 5.41) is 11.9. The number of hydrogen-bond donors (Lipinski definition) is 1. The predicted octanol–water partition coefficient (Wildman–Crippen LogP) is 3.29. The number of oxime groups is 1. The number of nitrogens with zero attached hydrogens (tertiary/aromatic N) is 2. The second-order valence-electron chi connectivity index (χ2n) is 4.18. The fourth-order valence-electron chi connectivity index (χ4n) is 1.99. The molecule has 0 fully saturated rings. The largest absolute Gasteiger partial charge is 0.411 e. The molecule has 17 heavy (non-hydrogen) atoms. The fraction of sp³-hybridized carbons (Fsp3) is 0.214. The number of aryl methyl sites for hydroxylation is 2. The van der Waals surface area contributed by atoms with Crippen molar-refractivity contribution in [3.8, 4) is 5.69 Å². The number of rotatable bonds is 2. The van der Waals surface area contributed by atoms with Crippen LogP contribution in [0.15, 0.2) is 41.6 Å². The van der Waals surface area contributed by atoms with Crippen molar-refractivity contribution < 1.29 is 5.21 Å². The standard InChI is InChI=1S/C14H16N2O/c1-10-4-5-11(2)16(10)14-8-6-13(7-9-14)12(3)15-17/h4-9,17H,1-3H3. The van der Waals surface area contributed by atoms with E-state index in [0.717, 1.165) is 11.3 Å². The van der Waals surface area contributed by atoms with Crippen LogP contribution in [0.2, 0.25) is 0 Å². The molecule has 0 amide bonds. The second kappa shape index (κ2) is 4.45. The third kappa shape index (κ3) is 2.09. The fourth-order valence-corrected chi connectivity index (χ4v) is 1.99. The van der Waals surface area contributed by atoms with E-state index < -0.39 is 0 Å². The SMILES string of the molecule is CC(=NO)c1ccc(-n2c(C)ccc2C)cc1. The molecule has 1 heterocycles. The molecule has 1 aromatic carbocycles. The normalized spacial score (nSPS) is 11.8. The molecule has 0 saturated carbocycles. The highest BCUT2D eigenvalue weighted by atomic mass is 16.4. The Morgan fingerprint density at radius 3 is 2.00 bits per heavy atom. The molecule has 0 saturated heterocycles. The maximum Gasteiger partial charge on any atom is 0.0836 e. The molecule has 0 unspecified atom stereocenters. The summed E-state index contributed by atoms with van der Waals surface area (Å²) in [6.07, 6.45) is 0. The molecule has 0 spiro atoms. The van der Waals surface area contributed by atoms with Gasteiger partial charge in [0.1, 0.15) is 0 Å². The van der Waals surface area contributed by atoms with Crippen molar-refractivity contribution in [1.82, 2.24) is 4.57 Å². The summed E-state index contributed by atoms with van der Waals surface area (Å²) in [7, 11) is 0. The van der Waals surface area contributed by atoms with Gasteiger partial charge < -0.3 is 9.77 Å². The highest BCUT2D eigenvalue weighted by Crippen LogP contribution is 2.17.